The third kappa shape index (κ3) is 5.62. The molecule has 0 saturated heterocycles. The summed E-state index contributed by atoms with van der Waals surface area (Å²) in [6.45, 7) is 4.46. The number of nitrogens with zero attached hydrogens (tertiary/aromatic N) is 7. The van der Waals surface area contributed by atoms with Crippen LogP contribution in [0, 0.1) is 0 Å². The number of nitrogens with one attached hydrogen (secondary N) is 2. The van der Waals surface area contributed by atoms with E-state index in [0.29, 0.717) is 0 Å². The van der Waals surface area contributed by atoms with E-state index in [4.69, 9.17) is 0 Å². The smallest absolute Gasteiger partial charge is 0.191 e. The first kappa shape index (κ1) is 21.1. The highest BCUT2D eigenvalue weighted by Gasteiger charge is 2.05. The number of hydrogen-bond acceptors (Lipinski definition) is 5. The van der Waals surface area contributed by atoms with Gasteiger partial charge in [0.15, 0.2) is 11.6 Å². The molecule has 3 aromatic rings. The van der Waals surface area contributed by atoms with Crippen LogP contribution < -0.4 is 10.6 Å². The highest BCUT2D eigenvalue weighted by molar-refractivity contribution is 14.0. The van der Waals surface area contributed by atoms with Crippen LogP contribution in [-0.4, -0.2) is 55.5 Å². The van der Waals surface area contributed by atoms with E-state index in [1.165, 1.54) is 0 Å². The van der Waals surface area contributed by atoms with E-state index in [9.17, 15) is 0 Å². The molecule has 3 rings (SSSR count). The first-order chi connectivity index (χ1) is 12.8. The van der Waals surface area contributed by atoms with E-state index in [1.54, 1.807) is 13.4 Å². The predicted octanol–water partition coefficient (Wildman–Crippen LogP) is 1.30. The molecule has 146 valence electrons. The largest absolute Gasteiger partial charge is 0.356 e. The molecular formula is C17H26IN9. The Morgan fingerprint density at radius 3 is 2.78 bits per heavy atom. The molecular weight excluding hydrogens is 457 g/mol. The normalized spacial score (nSPS) is 11.4. The number of aromatic nitrogens is 6. The first-order valence-electron chi connectivity index (χ1n) is 8.91. The summed E-state index contributed by atoms with van der Waals surface area (Å²) in [6, 6.07) is 5.91. The number of hydrogen-bond donors (Lipinski definition) is 2. The topological polar surface area (TPSA) is 97.3 Å². The second-order valence-electron chi connectivity index (χ2n) is 5.87. The minimum absolute atomic E-state index is 0. The Labute approximate surface area is 175 Å². The van der Waals surface area contributed by atoms with Crippen molar-refractivity contribution >= 4 is 35.6 Å². The average Bonchev–Trinajstić information content (AvgIpc) is 3.30. The lowest BCUT2D eigenvalue weighted by atomic mass is 10.3. The maximum atomic E-state index is 4.25. The SMILES string of the molecule is CCc1nncn1CCNC(=NC)NCCCc1nnc2ccccn12.I. The second-order valence-corrected chi connectivity index (χ2v) is 5.87. The Kier molecular flexibility index (Phi) is 8.43. The van der Waals surface area contributed by atoms with Crippen molar-refractivity contribution in [3.63, 3.8) is 0 Å². The minimum Gasteiger partial charge on any atom is -0.356 e. The van der Waals surface area contributed by atoms with Crippen molar-refractivity contribution < 1.29 is 0 Å². The van der Waals surface area contributed by atoms with Gasteiger partial charge in [0.1, 0.15) is 18.0 Å². The Hall–Kier alpha value is -2.24. The maximum Gasteiger partial charge on any atom is 0.191 e. The average molecular weight is 483 g/mol. The molecule has 0 aliphatic carbocycles. The molecule has 9 nitrogen and oxygen atoms in total. The molecule has 0 unspecified atom stereocenters. The van der Waals surface area contributed by atoms with Gasteiger partial charge in [-0.2, -0.15) is 0 Å². The molecule has 2 N–H and O–H groups in total. The zero-order valence-electron chi connectivity index (χ0n) is 15.7. The van der Waals surface area contributed by atoms with Gasteiger partial charge in [0.25, 0.3) is 0 Å². The van der Waals surface area contributed by atoms with Crippen LogP contribution >= 0.6 is 24.0 Å². The van der Waals surface area contributed by atoms with Crippen molar-refractivity contribution in [1.82, 2.24) is 40.0 Å². The standard InChI is InChI=1S/C17H25N9.HI/c1-3-14-22-21-13-25(14)12-10-20-17(18-2)19-9-6-8-16-24-23-15-7-4-5-11-26(15)16;/h4-5,7,11,13H,3,6,8-10,12H2,1-2H3,(H2,18,19,20);1H. The van der Waals surface area contributed by atoms with Crippen LogP contribution in [0.1, 0.15) is 25.0 Å². The van der Waals surface area contributed by atoms with E-state index < -0.39 is 0 Å². The summed E-state index contributed by atoms with van der Waals surface area (Å²) in [5, 5.41) is 23.1. The molecule has 0 saturated carbocycles. The molecule has 0 aliphatic heterocycles. The molecule has 0 spiro atoms. The fourth-order valence-electron chi connectivity index (χ4n) is 2.77. The van der Waals surface area contributed by atoms with E-state index >= 15 is 0 Å². The van der Waals surface area contributed by atoms with Gasteiger partial charge in [0.05, 0.1) is 0 Å². The van der Waals surface area contributed by atoms with Crippen LogP contribution in [0.4, 0.5) is 0 Å². The van der Waals surface area contributed by atoms with E-state index in [-0.39, 0.29) is 24.0 Å². The Morgan fingerprint density at radius 1 is 1.11 bits per heavy atom. The molecule has 27 heavy (non-hydrogen) atoms. The van der Waals surface area contributed by atoms with Crippen molar-refractivity contribution in [1.29, 1.82) is 0 Å². The lowest BCUT2D eigenvalue weighted by Crippen LogP contribution is -2.39. The number of pyridine rings is 1. The summed E-state index contributed by atoms with van der Waals surface area (Å²) in [4.78, 5) is 4.25. The number of aliphatic imine (C=N–C) groups is 1. The molecule has 0 radical (unpaired) electrons. The van der Waals surface area contributed by atoms with Gasteiger partial charge in [-0.05, 0) is 18.6 Å². The molecule has 0 atom stereocenters. The van der Waals surface area contributed by atoms with E-state index in [0.717, 1.165) is 62.2 Å². The van der Waals surface area contributed by atoms with Gasteiger partial charge in [-0.15, -0.1) is 44.4 Å². The molecule has 0 aromatic carbocycles. The van der Waals surface area contributed by atoms with Gasteiger partial charge in [0.2, 0.25) is 0 Å². The third-order valence-electron chi connectivity index (χ3n) is 4.13. The molecule has 0 fully saturated rings. The Balaban J connectivity index is 0.00000261. The molecule has 0 aliphatic rings. The number of halogens is 1. The van der Waals surface area contributed by atoms with Crippen LogP contribution in [-0.2, 0) is 19.4 Å². The fourth-order valence-corrected chi connectivity index (χ4v) is 2.77. The monoisotopic (exact) mass is 483 g/mol. The van der Waals surface area contributed by atoms with Crippen LogP contribution in [0.3, 0.4) is 0 Å². The Morgan fingerprint density at radius 2 is 1.96 bits per heavy atom. The summed E-state index contributed by atoms with van der Waals surface area (Å²) in [5.74, 6) is 2.77. The van der Waals surface area contributed by atoms with Gasteiger partial charge >= 0.3 is 0 Å². The van der Waals surface area contributed by atoms with Crippen LogP contribution in [0.15, 0.2) is 35.7 Å². The lowest BCUT2D eigenvalue weighted by molar-refractivity contribution is 0.629. The maximum absolute atomic E-state index is 4.25. The van der Waals surface area contributed by atoms with Gasteiger partial charge < -0.3 is 15.2 Å². The zero-order chi connectivity index (χ0) is 18.2. The van der Waals surface area contributed by atoms with Crippen molar-refractivity contribution in [3.05, 3.63) is 42.4 Å². The highest BCUT2D eigenvalue weighted by atomic mass is 127. The summed E-state index contributed by atoms with van der Waals surface area (Å²) in [7, 11) is 1.78. The van der Waals surface area contributed by atoms with Crippen LogP contribution in [0.2, 0.25) is 0 Å². The highest BCUT2D eigenvalue weighted by Crippen LogP contribution is 2.04. The lowest BCUT2D eigenvalue weighted by Gasteiger charge is -2.12. The number of guanidine groups is 1. The van der Waals surface area contributed by atoms with E-state index in [2.05, 4.69) is 47.5 Å². The second kappa shape index (κ2) is 10.8. The molecule has 0 amide bonds. The summed E-state index contributed by atoms with van der Waals surface area (Å²) < 4.78 is 4.08. The summed E-state index contributed by atoms with van der Waals surface area (Å²) in [6.07, 6.45) is 6.44. The van der Waals surface area contributed by atoms with Crippen molar-refractivity contribution in [2.75, 3.05) is 20.1 Å². The molecule has 10 heteroatoms. The van der Waals surface area contributed by atoms with Crippen LogP contribution in [0.5, 0.6) is 0 Å². The number of rotatable bonds is 8. The van der Waals surface area contributed by atoms with Crippen molar-refractivity contribution in [2.45, 2.75) is 32.7 Å². The number of aryl methyl sites for hydroxylation is 2. The van der Waals surface area contributed by atoms with Gasteiger partial charge in [-0.25, -0.2) is 0 Å². The summed E-state index contributed by atoms with van der Waals surface area (Å²) >= 11 is 0. The van der Waals surface area contributed by atoms with Crippen molar-refractivity contribution in [3.8, 4) is 0 Å². The number of fused-ring (bicyclic) bond motifs is 1. The van der Waals surface area contributed by atoms with Gasteiger partial charge in [0, 0.05) is 45.7 Å². The molecule has 3 heterocycles. The first-order valence-corrected chi connectivity index (χ1v) is 8.91. The van der Waals surface area contributed by atoms with Gasteiger partial charge in [-0.1, -0.05) is 13.0 Å². The van der Waals surface area contributed by atoms with Crippen molar-refractivity contribution in [2.24, 2.45) is 4.99 Å². The summed E-state index contributed by atoms with van der Waals surface area (Å²) in [5.41, 5.74) is 0.883. The van der Waals surface area contributed by atoms with E-state index in [1.807, 2.05) is 28.8 Å². The molecule has 0 bridgehead atoms. The third-order valence-corrected chi connectivity index (χ3v) is 4.13. The minimum atomic E-state index is 0. The Bertz CT molecular complexity index is 855. The fraction of sp³-hybridized carbons (Fsp3) is 0.471. The quantitative estimate of drug-likeness (QED) is 0.217. The van der Waals surface area contributed by atoms with Gasteiger partial charge in [-0.3, -0.25) is 9.39 Å². The molecule has 3 aromatic heterocycles. The zero-order valence-corrected chi connectivity index (χ0v) is 18.0. The van der Waals surface area contributed by atoms with Crippen LogP contribution in [0.25, 0.3) is 5.65 Å². The predicted molar refractivity (Wildman–Crippen MR) is 115 cm³/mol.